The molecule has 1 aliphatic rings. The fourth-order valence-corrected chi connectivity index (χ4v) is 0.433. The molecule has 0 aromatic rings. The fourth-order valence-electron chi connectivity index (χ4n) is 0.144. The largest absolute Gasteiger partial charge is 0.179 e. The first-order valence-corrected chi connectivity index (χ1v) is 2.73. The van der Waals surface area contributed by atoms with Gasteiger partial charge in [0.2, 0.25) is 0 Å². The van der Waals surface area contributed by atoms with Gasteiger partial charge in [0.05, 0.1) is 0 Å². The van der Waals surface area contributed by atoms with Gasteiger partial charge in [-0.05, 0) is 11.3 Å². The highest BCUT2D eigenvalue weighted by molar-refractivity contribution is 8.04. The van der Waals surface area contributed by atoms with E-state index in [-0.39, 0.29) is 0 Å². The van der Waals surface area contributed by atoms with Gasteiger partial charge in [0, 0.05) is 0 Å². The Bertz CT molecular complexity index is 14.0. The van der Waals surface area contributed by atoms with Crippen molar-refractivity contribution in [2.45, 2.75) is 0 Å². The van der Waals surface area contributed by atoms with E-state index in [0.717, 1.165) is 0 Å². The SMILES string of the molecule is B1CSC1. The van der Waals surface area contributed by atoms with E-state index in [1.54, 1.807) is 0 Å². The van der Waals surface area contributed by atoms with Crippen molar-refractivity contribution in [3.05, 3.63) is 0 Å². The maximum Gasteiger partial charge on any atom is 0.144 e. The summed E-state index contributed by atoms with van der Waals surface area (Å²) in [5, 5.41) is 0. The molecule has 0 spiro atoms. The monoisotopic (exact) mass is 72.0 g/mol. The van der Waals surface area contributed by atoms with Gasteiger partial charge in [-0.1, -0.05) is 0 Å². The van der Waals surface area contributed by atoms with E-state index in [4.69, 9.17) is 0 Å². The lowest BCUT2D eigenvalue weighted by atomic mass is 9.85. The van der Waals surface area contributed by atoms with E-state index in [1.807, 2.05) is 11.8 Å². The quantitative estimate of drug-likeness (QED) is 0.365. The molecule has 0 aromatic carbocycles. The van der Waals surface area contributed by atoms with Gasteiger partial charge in [-0.3, -0.25) is 0 Å². The van der Waals surface area contributed by atoms with Crippen molar-refractivity contribution in [2.75, 3.05) is 11.3 Å². The minimum Gasteiger partial charge on any atom is -0.179 e. The highest BCUT2D eigenvalue weighted by Gasteiger charge is 1.98. The summed E-state index contributed by atoms with van der Waals surface area (Å²) in [6, 6.07) is 0. The van der Waals surface area contributed by atoms with Crippen LogP contribution >= 0.6 is 11.8 Å². The molecule has 0 nitrogen and oxygen atoms in total. The summed E-state index contributed by atoms with van der Waals surface area (Å²) in [5.74, 6) is 0. The zero-order valence-corrected chi connectivity index (χ0v) is 3.35. The van der Waals surface area contributed by atoms with Crippen LogP contribution in [0, 0.1) is 0 Å². The second kappa shape index (κ2) is 1.02. The fraction of sp³-hybridized carbons (Fsp3) is 1.00. The van der Waals surface area contributed by atoms with Crippen LogP contribution in [-0.4, -0.2) is 18.6 Å². The third-order valence-electron chi connectivity index (χ3n) is 0.577. The Morgan fingerprint density at radius 3 is 1.75 bits per heavy atom. The molecular weight excluding hydrogens is 66.9 g/mol. The number of thioether (sulfide) groups is 1. The van der Waals surface area contributed by atoms with Crippen LogP contribution < -0.4 is 0 Å². The van der Waals surface area contributed by atoms with Crippen molar-refractivity contribution < 1.29 is 0 Å². The van der Waals surface area contributed by atoms with E-state index in [2.05, 4.69) is 0 Å². The Morgan fingerprint density at radius 2 is 1.75 bits per heavy atom. The molecule has 0 bridgehead atoms. The van der Waals surface area contributed by atoms with Crippen molar-refractivity contribution in [3.63, 3.8) is 0 Å². The van der Waals surface area contributed by atoms with Crippen molar-refractivity contribution in [3.8, 4) is 0 Å². The highest BCUT2D eigenvalue weighted by atomic mass is 32.2. The summed E-state index contributed by atoms with van der Waals surface area (Å²) in [6.45, 7) is 0. The molecule has 1 heterocycles. The Morgan fingerprint density at radius 1 is 1.50 bits per heavy atom. The van der Waals surface area contributed by atoms with E-state index >= 15 is 0 Å². The molecule has 0 amide bonds. The van der Waals surface area contributed by atoms with Crippen LogP contribution in [0.15, 0.2) is 0 Å². The van der Waals surface area contributed by atoms with E-state index < -0.39 is 0 Å². The highest BCUT2D eigenvalue weighted by Crippen LogP contribution is 2.05. The van der Waals surface area contributed by atoms with Gasteiger partial charge in [0.15, 0.2) is 0 Å². The van der Waals surface area contributed by atoms with Gasteiger partial charge >= 0.3 is 0 Å². The zero-order chi connectivity index (χ0) is 2.83. The molecule has 0 unspecified atom stereocenters. The van der Waals surface area contributed by atoms with Gasteiger partial charge in [-0.15, -0.1) is 0 Å². The summed E-state index contributed by atoms with van der Waals surface area (Å²) in [7, 11) is 1.46. The normalized spacial score (nSPS) is 22.0. The molecule has 0 radical (unpaired) electrons. The zero-order valence-electron chi connectivity index (χ0n) is 2.53. The molecule has 4 heavy (non-hydrogen) atoms. The van der Waals surface area contributed by atoms with Gasteiger partial charge in [0.1, 0.15) is 7.28 Å². The Balaban J connectivity index is 2.00. The topological polar surface area (TPSA) is 0 Å². The lowest BCUT2D eigenvalue weighted by Gasteiger charge is -2.03. The number of hydrogen-bond donors (Lipinski definition) is 0. The van der Waals surface area contributed by atoms with Gasteiger partial charge in [0.25, 0.3) is 0 Å². The molecule has 22 valence electrons. The molecule has 0 N–H and O–H groups in total. The Labute approximate surface area is 31.2 Å². The van der Waals surface area contributed by atoms with E-state index in [0.29, 0.717) is 0 Å². The van der Waals surface area contributed by atoms with E-state index in [1.165, 1.54) is 18.6 Å². The Kier molecular flexibility index (Phi) is 0.675. The maximum atomic E-state index is 2.04. The van der Waals surface area contributed by atoms with Gasteiger partial charge < -0.3 is 0 Å². The van der Waals surface area contributed by atoms with Gasteiger partial charge in [-0.2, -0.15) is 11.8 Å². The number of rotatable bonds is 0. The van der Waals surface area contributed by atoms with Crippen LogP contribution in [0.2, 0.25) is 0 Å². The first-order chi connectivity index (χ1) is 2.00. The van der Waals surface area contributed by atoms with Crippen LogP contribution in [0.4, 0.5) is 0 Å². The van der Waals surface area contributed by atoms with Crippen molar-refractivity contribution >= 4 is 19.0 Å². The second-order valence-corrected chi connectivity index (χ2v) is 2.19. The molecule has 1 saturated heterocycles. The smallest absolute Gasteiger partial charge is 0.144 e. The summed E-state index contributed by atoms with van der Waals surface area (Å²) in [5.41, 5.74) is 2.83. The predicted molar refractivity (Wildman–Crippen MR) is 24.5 cm³/mol. The molecule has 1 rings (SSSR count). The summed E-state index contributed by atoms with van der Waals surface area (Å²) < 4.78 is 0. The summed E-state index contributed by atoms with van der Waals surface area (Å²) in [4.78, 5) is 0. The van der Waals surface area contributed by atoms with Crippen molar-refractivity contribution in [1.29, 1.82) is 0 Å². The summed E-state index contributed by atoms with van der Waals surface area (Å²) in [6.07, 6.45) is 0. The minimum atomic E-state index is 1.42. The third-order valence-corrected chi connectivity index (χ3v) is 1.73. The average molecular weight is 71.9 g/mol. The maximum absolute atomic E-state index is 2.04. The molecular formula is C2H5BS. The van der Waals surface area contributed by atoms with Crippen LogP contribution in [0.25, 0.3) is 0 Å². The van der Waals surface area contributed by atoms with Crippen LogP contribution in [0.5, 0.6) is 0 Å². The molecule has 2 heteroatoms. The van der Waals surface area contributed by atoms with Crippen molar-refractivity contribution in [1.82, 2.24) is 0 Å². The first kappa shape index (κ1) is 2.64. The van der Waals surface area contributed by atoms with Crippen LogP contribution in [-0.2, 0) is 0 Å². The molecule has 0 atom stereocenters. The standard InChI is InChI=1S/C2H5BS/c1-3-2-4-1/h3H,1-2H2. The molecule has 0 saturated carbocycles. The second-order valence-electron chi connectivity index (χ2n) is 0.966. The average Bonchev–Trinajstić information content (AvgIpc) is 0.722. The van der Waals surface area contributed by atoms with Gasteiger partial charge in [-0.25, -0.2) is 0 Å². The minimum absolute atomic E-state index is 1.42. The Hall–Kier alpha value is 0.415. The molecule has 0 aromatic heterocycles. The molecule has 1 aliphatic heterocycles. The van der Waals surface area contributed by atoms with Crippen molar-refractivity contribution in [2.24, 2.45) is 0 Å². The lowest BCUT2D eigenvalue weighted by Crippen LogP contribution is -2.10. The van der Waals surface area contributed by atoms with Crippen LogP contribution in [0.1, 0.15) is 0 Å². The lowest BCUT2D eigenvalue weighted by molar-refractivity contribution is 1.89. The van der Waals surface area contributed by atoms with Crippen LogP contribution in [0.3, 0.4) is 0 Å². The predicted octanol–water partition coefficient (Wildman–Crippen LogP) is 0.0847. The third kappa shape index (κ3) is 0.248. The molecule has 0 aliphatic carbocycles. The van der Waals surface area contributed by atoms with E-state index in [9.17, 15) is 0 Å². The summed E-state index contributed by atoms with van der Waals surface area (Å²) >= 11 is 2.04. The molecule has 1 fully saturated rings. The first-order valence-electron chi connectivity index (χ1n) is 1.58. The number of hydrogen-bond acceptors (Lipinski definition) is 1.